The van der Waals surface area contributed by atoms with Crippen molar-refractivity contribution in [2.75, 3.05) is 31.1 Å². The van der Waals surface area contributed by atoms with Gasteiger partial charge < -0.3 is 14.4 Å². The Bertz CT molecular complexity index is 1380. The van der Waals surface area contributed by atoms with Crippen molar-refractivity contribution in [3.63, 3.8) is 0 Å². The molecule has 4 aromatic rings. The second-order valence-electron chi connectivity index (χ2n) is 8.44. The number of hydrogen-bond donors (Lipinski definition) is 0. The van der Waals surface area contributed by atoms with E-state index in [1.165, 1.54) is 4.68 Å². The van der Waals surface area contributed by atoms with Crippen LogP contribution in [0.2, 0.25) is 5.02 Å². The molecular formula is C25H26ClN5O2. The summed E-state index contributed by atoms with van der Waals surface area (Å²) in [7, 11) is 1.64. The minimum atomic E-state index is -0.454. The predicted octanol–water partition coefficient (Wildman–Crippen LogP) is 3.84. The molecule has 1 aliphatic heterocycles. The highest BCUT2D eigenvalue weighted by Gasteiger charge is 2.30. The van der Waals surface area contributed by atoms with Crippen LogP contribution in [0, 0.1) is 0 Å². The first kappa shape index (κ1) is 21.5. The summed E-state index contributed by atoms with van der Waals surface area (Å²) < 4.78 is 3.27. The summed E-state index contributed by atoms with van der Waals surface area (Å²) in [5.74, 6) is 0.0507. The maximum absolute atomic E-state index is 13.7. The van der Waals surface area contributed by atoms with Crippen LogP contribution in [-0.4, -0.2) is 51.3 Å². The number of carbonyl (C=O) groups is 1. The van der Waals surface area contributed by atoms with E-state index in [0.717, 1.165) is 35.1 Å². The van der Waals surface area contributed by atoms with Crippen LogP contribution in [-0.2, 0) is 11.8 Å². The normalized spacial score (nSPS) is 15.4. The third-order valence-electron chi connectivity index (χ3n) is 6.57. The third kappa shape index (κ3) is 3.66. The van der Waals surface area contributed by atoms with Gasteiger partial charge in [-0.2, -0.15) is 5.10 Å². The van der Waals surface area contributed by atoms with E-state index in [4.69, 9.17) is 11.6 Å². The summed E-state index contributed by atoms with van der Waals surface area (Å²) in [6, 6.07) is 15.2. The minimum absolute atomic E-state index is 0.0507. The van der Waals surface area contributed by atoms with E-state index in [-0.39, 0.29) is 11.5 Å². The summed E-state index contributed by atoms with van der Waals surface area (Å²) >= 11 is 6.02. The lowest BCUT2D eigenvalue weighted by atomic mass is 10.1. The molecule has 0 spiro atoms. The first-order valence-corrected chi connectivity index (χ1v) is 11.6. The quantitative estimate of drug-likeness (QED) is 0.461. The Morgan fingerprint density at radius 2 is 1.73 bits per heavy atom. The molecule has 1 saturated heterocycles. The van der Waals surface area contributed by atoms with Crippen molar-refractivity contribution in [1.82, 2.24) is 19.2 Å². The van der Waals surface area contributed by atoms with Crippen molar-refractivity contribution in [3.05, 3.63) is 70.1 Å². The van der Waals surface area contributed by atoms with E-state index in [0.29, 0.717) is 30.0 Å². The van der Waals surface area contributed by atoms with Crippen LogP contribution in [0.25, 0.3) is 21.8 Å². The molecule has 0 saturated carbocycles. The zero-order valence-corrected chi connectivity index (χ0v) is 19.5. The van der Waals surface area contributed by atoms with Gasteiger partial charge in [0.1, 0.15) is 11.6 Å². The zero-order chi connectivity index (χ0) is 23.1. The third-order valence-corrected chi connectivity index (χ3v) is 6.82. The van der Waals surface area contributed by atoms with Gasteiger partial charge in [-0.05, 0) is 36.8 Å². The molecule has 1 aliphatic rings. The van der Waals surface area contributed by atoms with Crippen molar-refractivity contribution in [1.29, 1.82) is 0 Å². The van der Waals surface area contributed by atoms with Gasteiger partial charge in [-0.15, -0.1) is 0 Å². The van der Waals surface area contributed by atoms with Crippen LogP contribution < -0.4 is 10.5 Å². The van der Waals surface area contributed by atoms with Gasteiger partial charge >= 0.3 is 0 Å². The summed E-state index contributed by atoms with van der Waals surface area (Å²) in [6.45, 7) is 4.77. The van der Waals surface area contributed by atoms with Crippen molar-refractivity contribution in [2.45, 2.75) is 19.4 Å². The first-order chi connectivity index (χ1) is 16.0. The van der Waals surface area contributed by atoms with Gasteiger partial charge in [0.25, 0.3) is 5.56 Å². The zero-order valence-electron chi connectivity index (χ0n) is 18.7. The average Bonchev–Trinajstić information content (AvgIpc) is 3.17. The number of benzene rings is 2. The number of carbonyl (C=O) groups excluding carboxylic acids is 1. The molecule has 0 N–H and O–H groups in total. The number of halogens is 1. The Morgan fingerprint density at radius 3 is 2.42 bits per heavy atom. The van der Waals surface area contributed by atoms with Gasteiger partial charge in [-0.25, -0.2) is 4.68 Å². The largest absolute Gasteiger partial charge is 0.368 e. The Morgan fingerprint density at radius 1 is 1.03 bits per heavy atom. The number of nitrogens with zero attached hydrogens (tertiary/aromatic N) is 5. The van der Waals surface area contributed by atoms with E-state index in [9.17, 15) is 9.59 Å². The van der Waals surface area contributed by atoms with Gasteiger partial charge in [0.05, 0.1) is 11.7 Å². The molecular weight excluding hydrogens is 438 g/mol. The number of para-hydroxylation sites is 1. The molecule has 1 amide bonds. The van der Waals surface area contributed by atoms with E-state index < -0.39 is 6.04 Å². The maximum atomic E-state index is 13.7. The first-order valence-electron chi connectivity index (χ1n) is 11.2. The smallest absolute Gasteiger partial charge is 0.291 e. The van der Waals surface area contributed by atoms with Crippen molar-refractivity contribution >= 4 is 45.0 Å². The van der Waals surface area contributed by atoms with E-state index in [1.54, 1.807) is 13.2 Å². The highest BCUT2D eigenvalue weighted by molar-refractivity contribution is 6.30. The van der Waals surface area contributed by atoms with Crippen LogP contribution in [0.3, 0.4) is 0 Å². The average molecular weight is 464 g/mol. The van der Waals surface area contributed by atoms with Crippen LogP contribution in [0.15, 0.2) is 59.5 Å². The molecule has 33 heavy (non-hydrogen) atoms. The van der Waals surface area contributed by atoms with Gasteiger partial charge in [-0.3, -0.25) is 9.59 Å². The molecule has 7 nitrogen and oxygen atoms in total. The second-order valence-corrected chi connectivity index (χ2v) is 8.87. The van der Waals surface area contributed by atoms with Gasteiger partial charge in [0.15, 0.2) is 0 Å². The number of rotatable bonds is 4. The van der Waals surface area contributed by atoms with Crippen LogP contribution in [0.5, 0.6) is 0 Å². The summed E-state index contributed by atoms with van der Waals surface area (Å²) in [5, 5.41) is 6.65. The van der Waals surface area contributed by atoms with Crippen molar-refractivity contribution in [3.8, 4) is 0 Å². The van der Waals surface area contributed by atoms with Crippen molar-refractivity contribution in [2.24, 2.45) is 7.05 Å². The highest BCUT2D eigenvalue weighted by atomic mass is 35.5. The number of aryl methyl sites for hydroxylation is 1. The van der Waals surface area contributed by atoms with Crippen LogP contribution in [0.1, 0.15) is 19.4 Å². The molecule has 0 radical (unpaired) electrons. The van der Waals surface area contributed by atoms with Crippen molar-refractivity contribution < 1.29 is 4.79 Å². The fourth-order valence-corrected chi connectivity index (χ4v) is 4.95. The molecule has 2 aromatic heterocycles. The second kappa shape index (κ2) is 8.56. The fourth-order valence-electron chi connectivity index (χ4n) is 4.83. The Balaban J connectivity index is 1.48. The molecule has 1 atom stereocenters. The molecule has 8 heteroatoms. The Labute approximate surface area is 196 Å². The number of amides is 1. The highest BCUT2D eigenvalue weighted by Crippen LogP contribution is 2.32. The summed E-state index contributed by atoms with van der Waals surface area (Å²) in [4.78, 5) is 31.0. The lowest BCUT2D eigenvalue weighted by molar-refractivity contribution is -0.135. The SMILES string of the molecule is CCC(C(=O)N1CCN(c2ccc(Cl)cc2)CC1)n1c2ccccc2c2cnn(C)c(=O)c21. The van der Waals surface area contributed by atoms with Crippen LogP contribution in [0.4, 0.5) is 5.69 Å². The monoisotopic (exact) mass is 463 g/mol. The molecule has 1 unspecified atom stereocenters. The molecule has 3 heterocycles. The van der Waals surface area contributed by atoms with Gasteiger partial charge in [0, 0.05) is 54.7 Å². The number of anilines is 1. The predicted molar refractivity (Wildman–Crippen MR) is 132 cm³/mol. The van der Waals surface area contributed by atoms with E-state index in [1.807, 2.05) is 64.9 Å². The number of fused-ring (bicyclic) bond motifs is 3. The van der Waals surface area contributed by atoms with Gasteiger partial charge in [0.2, 0.25) is 5.91 Å². The lowest BCUT2D eigenvalue weighted by Gasteiger charge is -2.38. The summed E-state index contributed by atoms with van der Waals surface area (Å²) in [6.07, 6.45) is 2.31. The Kier molecular flexibility index (Phi) is 5.58. The van der Waals surface area contributed by atoms with Gasteiger partial charge in [-0.1, -0.05) is 36.7 Å². The minimum Gasteiger partial charge on any atom is -0.368 e. The molecule has 170 valence electrons. The number of aromatic nitrogens is 3. The number of hydrogen-bond acceptors (Lipinski definition) is 4. The van der Waals surface area contributed by atoms with E-state index in [2.05, 4.69) is 10.00 Å². The standard InChI is InChI=1S/C25H26ClN5O2/c1-3-21(24(32)30-14-12-29(13-15-30)18-10-8-17(26)9-11-18)31-22-7-5-4-6-19(22)20-16-27-28(2)25(33)23(20)31/h4-11,16,21H,3,12-15H2,1-2H3. The fraction of sp³-hybridized carbons (Fsp3) is 0.320. The topological polar surface area (TPSA) is 63.4 Å². The van der Waals surface area contributed by atoms with Crippen LogP contribution >= 0.6 is 11.6 Å². The molecule has 0 bridgehead atoms. The lowest BCUT2D eigenvalue weighted by Crippen LogP contribution is -2.50. The maximum Gasteiger partial charge on any atom is 0.291 e. The molecule has 1 fully saturated rings. The van der Waals surface area contributed by atoms with E-state index >= 15 is 0 Å². The molecule has 2 aromatic carbocycles. The number of piperazine rings is 1. The molecule has 5 rings (SSSR count). The molecule has 0 aliphatic carbocycles. The summed E-state index contributed by atoms with van der Waals surface area (Å²) in [5.41, 5.74) is 2.34. The Hall–Kier alpha value is -3.32.